The fourth-order valence-corrected chi connectivity index (χ4v) is 3.49. The predicted molar refractivity (Wildman–Crippen MR) is 128 cm³/mol. The normalized spacial score (nSPS) is 11.0. The van der Waals surface area contributed by atoms with Crippen LogP contribution in [0.1, 0.15) is 22.3 Å². The number of benzene rings is 3. The summed E-state index contributed by atoms with van der Waals surface area (Å²) in [4.78, 5) is 12.5. The van der Waals surface area contributed by atoms with Gasteiger partial charge in [-0.2, -0.15) is 5.26 Å². The molecule has 4 nitrogen and oxygen atoms in total. The lowest BCUT2D eigenvalue weighted by Crippen LogP contribution is -2.13. The van der Waals surface area contributed by atoms with Crippen LogP contribution in [-0.4, -0.2) is 5.91 Å². The summed E-state index contributed by atoms with van der Waals surface area (Å²) in [5.41, 5.74) is 4.42. The minimum absolute atomic E-state index is 0.00834. The van der Waals surface area contributed by atoms with E-state index in [0.29, 0.717) is 23.6 Å². The smallest absolute Gasteiger partial charge is 0.266 e. The number of ether oxygens (including phenoxy) is 1. The van der Waals surface area contributed by atoms with E-state index in [1.54, 1.807) is 30.3 Å². The molecule has 0 heterocycles. The molecular formula is C25H20FIN2O2. The summed E-state index contributed by atoms with van der Waals surface area (Å²) in [6, 6.07) is 19.1. The number of nitriles is 1. The van der Waals surface area contributed by atoms with Crippen LogP contribution >= 0.6 is 22.6 Å². The molecule has 3 aromatic rings. The van der Waals surface area contributed by atoms with Crippen LogP contribution in [0.2, 0.25) is 0 Å². The largest absolute Gasteiger partial charge is 0.488 e. The fourth-order valence-electron chi connectivity index (χ4n) is 2.80. The van der Waals surface area contributed by atoms with E-state index < -0.39 is 5.91 Å². The number of aryl methyl sites for hydroxylation is 2. The Morgan fingerprint density at radius 1 is 1.10 bits per heavy atom. The van der Waals surface area contributed by atoms with Crippen LogP contribution in [0.25, 0.3) is 6.08 Å². The molecule has 0 saturated heterocycles. The second-order valence-electron chi connectivity index (χ2n) is 7.03. The molecule has 0 radical (unpaired) electrons. The van der Waals surface area contributed by atoms with E-state index in [1.165, 1.54) is 12.1 Å². The summed E-state index contributed by atoms with van der Waals surface area (Å²) in [5, 5.41) is 12.2. The summed E-state index contributed by atoms with van der Waals surface area (Å²) >= 11 is 2.14. The highest BCUT2D eigenvalue weighted by molar-refractivity contribution is 14.1. The quantitative estimate of drug-likeness (QED) is 0.237. The Morgan fingerprint density at radius 2 is 1.84 bits per heavy atom. The first kappa shape index (κ1) is 22.5. The number of nitrogens with zero attached hydrogens (tertiary/aromatic N) is 1. The van der Waals surface area contributed by atoms with Gasteiger partial charge in [-0.3, -0.25) is 4.79 Å². The van der Waals surface area contributed by atoms with Crippen molar-refractivity contribution in [1.29, 1.82) is 5.26 Å². The Labute approximate surface area is 194 Å². The number of carbonyl (C=O) groups is 1. The molecule has 3 aromatic carbocycles. The SMILES string of the molecule is Cc1ccc(NC(=O)/C(C#N)=C/c2ccc(OCc3ccc(F)cc3)c(I)c2)cc1C. The molecule has 0 unspecified atom stereocenters. The van der Waals surface area contributed by atoms with E-state index in [9.17, 15) is 14.4 Å². The van der Waals surface area contributed by atoms with Crippen molar-refractivity contribution in [1.82, 2.24) is 0 Å². The lowest BCUT2D eigenvalue weighted by molar-refractivity contribution is -0.112. The van der Waals surface area contributed by atoms with Crippen LogP contribution in [0.5, 0.6) is 5.75 Å². The van der Waals surface area contributed by atoms with E-state index in [4.69, 9.17) is 4.74 Å². The van der Waals surface area contributed by atoms with Gasteiger partial charge >= 0.3 is 0 Å². The zero-order valence-electron chi connectivity index (χ0n) is 17.1. The molecule has 0 fully saturated rings. The maximum Gasteiger partial charge on any atom is 0.266 e. The van der Waals surface area contributed by atoms with Crippen LogP contribution < -0.4 is 10.1 Å². The van der Waals surface area contributed by atoms with Crippen LogP contribution in [0, 0.1) is 34.6 Å². The highest BCUT2D eigenvalue weighted by Crippen LogP contribution is 2.25. The number of amides is 1. The first-order valence-corrected chi connectivity index (χ1v) is 10.6. The molecule has 6 heteroatoms. The number of halogens is 2. The van der Waals surface area contributed by atoms with Gasteiger partial charge in [-0.25, -0.2) is 4.39 Å². The predicted octanol–water partition coefficient (Wildman–Crippen LogP) is 6.17. The molecule has 3 rings (SSSR count). The standard InChI is InChI=1S/C25H20FIN2O2/c1-16-3-9-22(11-17(16)2)29-25(30)20(14-28)12-19-6-10-24(23(27)13-19)31-15-18-4-7-21(26)8-5-18/h3-13H,15H2,1-2H3,(H,29,30)/b20-12+. The van der Waals surface area contributed by atoms with Crippen molar-refractivity contribution in [2.45, 2.75) is 20.5 Å². The van der Waals surface area contributed by atoms with Crippen LogP contribution in [0.3, 0.4) is 0 Å². The van der Waals surface area contributed by atoms with Crippen LogP contribution in [0.15, 0.2) is 66.2 Å². The van der Waals surface area contributed by atoms with Gasteiger partial charge in [-0.05, 0) is 101 Å². The maximum atomic E-state index is 13.0. The maximum absolute atomic E-state index is 13.0. The van der Waals surface area contributed by atoms with Gasteiger partial charge in [0.05, 0.1) is 3.57 Å². The van der Waals surface area contributed by atoms with Gasteiger partial charge in [0, 0.05) is 5.69 Å². The molecule has 0 aliphatic rings. The van der Waals surface area contributed by atoms with Gasteiger partial charge < -0.3 is 10.1 Å². The zero-order chi connectivity index (χ0) is 22.4. The molecule has 0 atom stereocenters. The third-order valence-corrected chi connectivity index (χ3v) is 5.55. The monoisotopic (exact) mass is 526 g/mol. The lowest BCUT2D eigenvalue weighted by atomic mass is 10.1. The lowest BCUT2D eigenvalue weighted by Gasteiger charge is -2.10. The Morgan fingerprint density at radius 3 is 2.48 bits per heavy atom. The summed E-state index contributed by atoms with van der Waals surface area (Å²) in [7, 11) is 0. The average molecular weight is 526 g/mol. The van der Waals surface area contributed by atoms with Crippen molar-refractivity contribution >= 4 is 40.3 Å². The van der Waals surface area contributed by atoms with Crippen molar-refractivity contribution in [3.8, 4) is 11.8 Å². The van der Waals surface area contributed by atoms with Gasteiger partial charge in [0.25, 0.3) is 5.91 Å². The second kappa shape index (κ2) is 10.2. The Hall–Kier alpha value is -3.18. The number of anilines is 1. The molecule has 1 N–H and O–H groups in total. The van der Waals surface area contributed by atoms with Crippen molar-refractivity contribution in [3.63, 3.8) is 0 Å². The van der Waals surface area contributed by atoms with E-state index >= 15 is 0 Å². The molecule has 0 aliphatic carbocycles. The molecule has 0 aromatic heterocycles. The topological polar surface area (TPSA) is 62.1 Å². The number of rotatable bonds is 6. The summed E-state index contributed by atoms with van der Waals surface area (Å²) in [6.45, 7) is 4.27. The van der Waals surface area contributed by atoms with Gasteiger partial charge in [-0.1, -0.05) is 24.3 Å². The molecule has 0 saturated carbocycles. The van der Waals surface area contributed by atoms with Gasteiger partial charge in [0.1, 0.15) is 29.8 Å². The number of nitrogens with one attached hydrogen (secondary N) is 1. The zero-order valence-corrected chi connectivity index (χ0v) is 19.2. The number of hydrogen-bond acceptors (Lipinski definition) is 3. The Kier molecular flexibility index (Phi) is 7.42. The minimum Gasteiger partial charge on any atom is -0.488 e. The van der Waals surface area contributed by atoms with Gasteiger partial charge in [-0.15, -0.1) is 0 Å². The Balaban J connectivity index is 1.70. The second-order valence-corrected chi connectivity index (χ2v) is 8.19. The average Bonchev–Trinajstić information content (AvgIpc) is 2.75. The Bertz CT molecular complexity index is 1180. The molecule has 0 spiro atoms. The molecule has 156 valence electrons. The highest BCUT2D eigenvalue weighted by Gasteiger charge is 2.11. The molecule has 31 heavy (non-hydrogen) atoms. The van der Waals surface area contributed by atoms with E-state index in [0.717, 1.165) is 20.3 Å². The third-order valence-electron chi connectivity index (χ3n) is 4.70. The minimum atomic E-state index is -0.461. The molecular weight excluding hydrogens is 506 g/mol. The third kappa shape index (κ3) is 6.15. The highest BCUT2D eigenvalue weighted by atomic mass is 127. The molecule has 1 amide bonds. The van der Waals surface area contributed by atoms with E-state index in [-0.39, 0.29) is 11.4 Å². The number of carbonyl (C=O) groups excluding carboxylic acids is 1. The van der Waals surface area contributed by atoms with Crippen molar-refractivity contribution < 1.29 is 13.9 Å². The first-order chi connectivity index (χ1) is 14.9. The summed E-state index contributed by atoms with van der Waals surface area (Å²) in [6.07, 6.45) is 1.54. The van der Waals surface area contributed by atoms with E-state index in [2.05, 4.69) is 27.9 Å². The summed E-state index contributed by atoms with van der Waals surface area (Å²) < 4.78 is 19.6. The van der Waals surface area contributed by atoms with Crippen LogP contribution in [-0.2, 0) is 11.4 Å². The number of hydrogen-bond donors (Lipinski definition) is 1. The first-order valence-electron chi connectivity index (χ1n) is 9.53. The van der Waals surface area contributed by atoms with Crippen molar-refractivity contribution in [2.24, 2.45) is 0 Å². The fraction of sp³-hybridized carbons (Fsp3) is 0.120. The van der Waals surface area contributed by atoms with Crippen LogP contribution in [0.4, 0.5) is 10.1 Å². The molecule has 0 bridgehead atoms. The molecule has 0 aliphatic heterocycles. The van der Waals surface area contributed by atoms with Crippen molar-refractivity contribution in [2.75, 3.05) is 5.32 Å². The van der Waals surface area contributed by atoms with E-state index in [1.807, 2.05) is 44.2 Å². The van der Waals surface area contributed by atoms with Gasteiger partial charge in [0.2, 0.25) is 0 Å². The van der Waals surface area contributed by atoms with Gasteiger partial charge in [0.15, 0.2) is 0 Å². The summed E-state index contributed by atoms with van der Waals surface area (Å²) in [5.74, 6) is -0.0816. The van der Waals surface area contributed by atoms with Crippen molar-refractivity contribution in [3.05, 3.63) is 97.9 Å².